The predicted octanol–water partition coefficient (Wildman–Crippen LogP) is -1.97. The molecule has 4 heterocycles. The van der Waals surface area contributed by atoms with Crippen molar-refractivity contribution in [3.8, 4) is 0 Å². The highest BCUT2D eigenvalue weighted by Crippen LogP contribution is 2.42. The number of hydrogen-bond donors (Lipinski definition) is 1. The van der Waals surface area contributed by atoms with Crippen molar-refractivity contribution in [3.05, 3.63) is 0 Å². The van der Waals surface area contributed by atoms with Crippen molar-refractivity contribution in [2.24, 2.45) is 0 Å². The van der Waals surface area contributed by atoms with Crippen LogP contribution in [0.3, 0.4) is 0 Å². The number of β-amino-alcohol motifs (C(OH)–C–C–N with tert-alkyl or cyclic N) is 1. The first-order chi connectivity index (χ1) is 13.8. The lowest BCUT2D eigenvalue weighted by molar-refractivity contribution is -0.185. The fourth-order valence-corrected chi connectivity index (χ4v) is 5.27. The third-order valence-electron chi connectivity index (χ3n) is 6.89. The van der Waals surface area contributed by atoms with E-state index >= 15 is 0 Å². The molecule has 4 saturated heterocycles. The van der Waals surface area contributed by atoms with Gasteiger partial charge >= 0.3 is 5.97 Å². The smallest absolute Gasteiger partial charge is 0.325 e. The number of piperidine rings is 1. The molecule has 160 valence electrons. The van der Waals surface area contributed by atoms with Crippen molar-refractivity contribution < 1.29 is 29.0 Å². The van der Waals surface area contributed by atoms with Gasteiger partial charge in [0, 0.05) is 45.7 Å². The molecule has 1 N–H and O–H groups in total. The van der Waals surface area contributed by atoms with Crippen molar-refractivity contribution in [3.63, 3.8) is 0 Å². The number of carbonyl (C=O) groups is 4. The van der Waals surface area contributed by atoms with E-state index in [9.17, 15) is 24.3 Å². The quantitative estimate of drug-likeness (QED) is 0.423. The van der Waals surface area contributed by atoms with Crippen LogP contribution < -0.4 is 0 Å². The van der Waals surface area contributed by atoms with Crippen molar-refractivity contribution in [1.82, 2.24) is 19.6 Å². The van der Waals surface area contributed by atoms with Gasteiger partial charge in [0.15, 0.2) is 0 Å². The van der Waals surface area contributed by atoms with Crippen LogP contribution in [-0.2, 0) is 23.9 Å². The number of rotatable bonds is 3. The number of hydrogen-bond acceptors (Lipinski definition) is 8. The predicted molar refractivity (Wildman–Crippen MR) is 99.4 cm³/mol. The number of amides is 3. The van der Waals surface area contributed by atoms with E-state index in [4.69, 9.17) is 0 Å². The topological polar surface area (TPSA) is 111 Å². The van der Waals surface area contributed by atoms with Crippen LogP contribution in [0.15, 0.2) is 0 Å². The maximum atomic E-state index is 13.3. The molecule has 0 aliphatic carbocycles. The normalized spacial score (nSPS) is 30.4. The van der Waals surface area contributed by atoms with Gasteiger partial charge in [-0.2, -0.15) is 0 Å². The fourth-order valence-electron chi connectivity index (χ4n) is 5.27. The van der Waals surface area contributed by atoms with Crippen LogP contribution in [0.5, 0.6) is 0 Å². The lowest BCUT2D eigenvalue weighted by atomic mass is 9.80. The van der Waals surface area contributed by atoms with Gasteiger partial charge in [-0.25, -0.2) is 0 Å². The van der Waals surface area contributed by atoms with Crippen LogP contribution in [0, 0.1) is 0 Å². The van der Waals surface area contributed by atoms with E-state index in [1.807, 2.05) is 9.80 Å². The number of aliphatic hydroxyl groups is 1. The lowest BCUT2D eigenvalue weighted by Gasteiger charge is -2.60. The summed E-state index contributed by atoms with van der Waals surface area (Å²) >= 11 is 0. The number of aliphatic hydroxyl groups excluding tert-OH is 1. The molecule has 0 aromatic rings. The fraction of sp³-hybridized carbons (Fsp3) is 0.789. The zero-order valence-electron chi connectivity index (χ0n) is 16.9. The Labute approximate surface area is 169 Å². The molecule has 1 spiro atoms. The lowest BCUT2D eigenvalue weighted by Crippen LogP contribution is -2.82. The van der Waals surface area contributed by atoms with Gasteiger partial charge in [0.05, 0.1) is 19.3 Å². The van der Waals surface area contributed by atoms with E-state index in [2.05, 4.69) is 9.64 Å². The molecule has 0 aromatic heterocycles. The minimum atomic E-state index is -0.887. The SMILES string of the molecule is COC(=O)CN1C(=O)[C@@H]2C[C@@H](O)CN2C2(CN(C3CCN(C(C)=O)CC3)C2)C1=O. The van der Waals surface area contributed by atoms with Crippen LogP contribution >= 0.6 is 0 Å². The number of fused-ring (bicyclic) bond motifs is 2. The first-order valence-corrected chi connectivity index (χ1v) is 10.1. The summed E-state index contributed by atoms with van der Waals surface area (Å²) in [6.45, 7) is 3.80. The van der Waals surface area contributed by atoms with E-state index in [-0.39, 0.29) is 30.8 Å². The summed E-state index contributed by atoms with van der Waals surface area (Å²) in [6, 6.07) is -0.309. The second kappa shape index (κ2) is 7.33. The van der Waals surface area contributed by atoms with Crippen LogP contribution in [-0.4, -0.2) is 119 Å². The highest BCUT2D eigenvalue weighted by molar-refractivity contribution is 6.07. The van der Waals surface area contributed by atoms with Gasteiger partial charge in [0.25, 0.3) is 5.91 Å². The zero-order chi connectivity index (χ0) is 20.9. The van der Waals surface area contributed by atoms with E-state index in [1.165, 1.54) is 7.11 Å². The summed E-state index contributed by atoms with van der Waals surface area (Å²) in [7, 11) is 1.22. The summed E-state index contributed by atoms with van der Waals surface area (Å²) < 4.78 is 4.66. The molecule has 4 fully saturated rings. The Bertz CT molecular complexity index is 728. The number of carbonyl (C=O) groups excluding carboxylic acids is 4. The van der Waals surface area contributed by atoms with E-state index < -0.39 is 36.1 Å². The van der Waals surface area contributed by atoms with Crippen LogP contribution in [0.4, 0.5) is 0 Å². The van der Waals surface area contributed by atoms with Crippen molar-refractivity contribution in [1.29, 1.82) is 0 Å². The van der Waals surface area contributed by atoms with Gasteiger partial charge in [-0.1, -0.05) is 0 Å². The minimum Gasteiger partial charge on any atom is -0.468 e. The Morgan fingerprint density at radius 2 is 1.86 bits per heavy atom. The average molecular weight is 408 g/mol. The summed E-state index contributed by atoms with van der Waals surface area (Å²) in [6.07, 6.45) is 1.30. The number of nitrogens with zero attached hydrogens (tertiary/aromatic N) is 4. The monoisotopic (exact) mass is 408 g/mol. The Morgan fingerprint density at radius 3 is 2.45 bits per heavy atom. The largest absolute Gasteiger partial charge is 0.468 e. The highest BCUT2D eigenvalue weighted by Gasteiger charge is 2.65. The van der Waals surface area contributed by atoms with Gasteiger partial charge in [-0.15, -0.1) is 0 Å². The molecule has 10 nitrogen and oxygen atoms in total. The molecule has 3 amide bonds. The van der Waals surface area contributed by atoms with Crippen LogP contribution in [0.2, 0.25) is 0 Å². The first-order valence-electron chi connectivity index (χ1n) is 10.1. The minimum absolute atomic E-state index is 0.0804. The van der Waals surface area contributed by atoms with Crippen molar-refractivity contribution >= 4 is 23.7 Å². The number of methoxy groups -OCH3 is 1. The third-order valence-corrected chi connectivity index (χ3v) is 6.89. The Morgan fingerprint density at radius 1 is 1.21 bits per heavy atom. The van der Waals surface area contributed by atoms with Gasteiger partial charge < -0.3 is 14.7 Å². The van der Waals surface area contributed by atoms with Crippen LogP contribution in [0.25, 0.3) is 0 Å². The molecule has 29 heavy (non-hydrogen) atoms. The first kappa shape index (κ1) is 20.2. The second-order valence-corrected chi connectivity index (χ2v) is 8.54. The number of piperazine rings is 1. The second-order valence-electron chi connectivity index (χ2n) is 8.54. The molecule has 2 atom stereocenters. The molecule has 10 heteroatoms. The Kier molecular flexibility index (Phi) is 5.12. The van der Waals surface area contributed by atoms with Crippen molar-refractivity contribution in [2.45, 2.75) is 49.9 Å². The molecule has 4 rings (SSSR count). The molecular formula is C19H28N4O6. The summed E-state index contributed by atoms with van der Waals surface area (Å²) in [5, 5.41) is 10.2. The molecule has 0 saturated carbocycles. The molecule has 4 aliphatic rings. The Hall–Kier alpha value is -2.04. The summed E-state index contributed by atoms with van der Waals surface area (Å²) in [5.41, 5.74) is -0.887. The maximum absolute atomic E-state index is 13.3. The number of ether oxygens (including phenoxy) is 1. The average Bonchev–Trinajstić information content (AvgIpc) is 3.06. The Balaban J connectivity index is 1.50. The van der Waals surface area contributed by atoms with Gasteiger partial charge in [-0.05, 0) is 19.3 Å². The number of likely N-dealkylation sites (tertiary alicyclic amines) is 2. The van der Waals surface area contributed by atoms with Gasteiger partial charge in [-0.3, -0.25) is 33.9 Å². The standard InChI is InChI=1S/C19H28N4O6/c1-12(24)20-5-3-13(4-6-20)21-10-19(11-21)18(28)22(9-16(26)29-2)17(27)15-7-14(25)8-23(15)19/h13-15,25H,3-11H2,1-2H3/t14-,15+/m1/s1. The molecule has 0 unspecified atom stereocenters. The molecule has 0 bridgehead atoms. The summed E-state index contributed by atoms with van der Waals surface area (Å²) in [5.74, 6) is -1.37. The number of imide groups is 1. The highest BCUT2D eigenvalue weighted by atomic mass is 16.5. The molecule has 0 aromatic carbocycles. The molecular weight excluding hydrogens is 380 g/mol. The van der Waals surface area contributed by atoms with E-state index in [1.54, 1.807) is 6.92 Å². The van der Waals surface area contributed by atoms with Crippen molar-refractivity contribution in [2.75, 3.05) is 46.4 Å². The van der Waals surface area contributed by atoms with Gasteiger partial charge in [0.2, 0.25) is 11.8 Å². The summed E-state index contributed by atoms with van der Waals surface area (Å²) in [4.78, 5) is 56.4. The van der Waals surface area contributed by atoms with Gasteiger partial charge in [0.1, 0.15) is 12.1 Å². The van der Waals surface area contributed by atoms with Crippen LogP contribution in [0.1, 0.15) is 26.2 Å². The third kappa shape index (κ3) is 3.23. The van der Waals surface area contributed by atoms with E-state index in [0.717, 1.165) is 17.7 Å². The molecule has 4 aliphatic heterocycles. The molecule has 0 radical (unpaired) electrons. The van der Waals surface area contributed by atoms with E-state index in [0.29, 0.717) is 26.2 Å². The number of esters is 1. The maximum Gasteiger partial charge on any atom is 0.325 e. The zero-order valence-corrected chi connectivity index (χ0v) is 16.9.